The Morgan fingerprint density at radius 3 is 2.52 bits per heavy atom. The molecule has 4 heteroatoms. The van der Waals surface area contributed by atoms with Gasteiger partial charge in [-0.3, -0.25) is 4.98 Å². The standard InChI is InChI=1S/C17H30N2O2/c1-5-9-16(21-8-4)17(19-10-6-2)14-11-15(20-7-3)13-18-12-14/h11-13,16-17,19H,5-10H2,1-4H3. The minimum atomic E-state index is 0.165. The highest BCUT2D eigenvalue weighted by atomic mass is 16.5. The normalized spacial score (nSPS) is 13.9. The highest BCUT2D eigenvalue weighted by Crippen LogP contribution is 2.25. The molecule has 0 radical (unpaired) electrons. The molecule has 0 amide bonds. The highest BCUT2D eigenvalue weighted by molar-refractivity contribution is 5.27. The summed E-state index contributed by atoms with van der Waals surface area (Å²) in [5, 5.41) is 3.60. The van der Waals surface area contributed by atoms with E-state index >= 15 is 0 Å². The Bertz CT molecular complexity index is 379. The fraction of sp³-hybridized carbons (Fsp3) is 0.706. The van der Waals surface area contributed by atoms with Crippen LogP contribution in [-0.4, -0.2) is 30.8 Å². The van der Waals surface area contributed by atoms with Crippen LogP contribution in [0.4, 0.5) is 0 Å². The molecule has 0 fully saturated rings. The number of hydrogen-bond donors (Lipinski definition) is 1. The minimum absolute atomic E-state index is 0.165. The molecule has 0 aliphatic carbocycles. The Labute approximate surface area is 129 Å². The number of nitrogens with one attached hydrogen (secondary N) is 1. The number of rotatable bonds is 11. The van der Waals surface area contributed by atoms with Crippen LogP contribution in [0.15, 0.2) is 18.5 Å². The quantitative estimate of drug-likeness (QED) is 0.675. The summed E-state index contributed by atoms with van der Waals surface area (Å²) in [6, 6.07) is 2.24. The second-order valence-electron chi connectivity index (χ2n) is 5.10. The van der Waals surface area contributed by atoms with E-state index in [1.165, 1.54) is 0 Å². The van der Waals surface area contributed by atoms with Crippen molar-refractivity contribution in [2.45, 2.75) is 59.1 Å². The molecule has 120 valence electrons. The van der Waals surface area contributed by atoms with Gasteiger partial charge in [0.25, 0.3) is 0 Å². The summed E-state index contributed by atoms with van der Waals surface area (Å²) in [5.74, 6) is 0.824. The molecule has 0 bridgehead atoms. The fourth-order valence-corrected chi connectivity index (χ4v) is 2.46. The zero-order valence-electron chi connectivity index (χ0n) is 13.9. The van der Waals surface area contributed by atoms with E-state index in [-0.39, 0.29) is 12.1 Å². The van der Waals surface area contributed by atoms with E-state index in [1.807, 2.05) is 13.1 Å². The minimum Gasteiger partial charge on any atom is -0.492 e. The zero-order valence-corrected chi connectivity index (χ0v) is 13.9. The van der Waals surface area contributed by atoms with Gasteiger partial charge in [-0.15, -0.1) is 0 Å². The van der Waals surface area contributed by atoms with Gasteiger partial charge in [0.15, 0.2) is 0 Å². The van der Waals surface area contributed by atoms with E-state index in [0.29, 0.717) is 6.61 Å². The Balaban J connectivity index is 2.95. The van der Waals surface area contributed by atoms with Crippen LogP contribution in [0.3, 0.4) is 0 Å². The van der Waals surface area contributed by atoms with Crippen molar-refractivity contribution in [2.24, 2.45) is 0 Å². The van der Waals surface area contributed by atoms with Gasteiger partial charge in [-0.05, 0) is 44.9 Å². The maximum Gasteiger partial charge on any atom is 0.137 e. The van der Waals surface area contributed by atoms with Crippen molar-refractivity contribution in [2.75, 3.05) is 19.8 Å². The Hall–Kier alpha value is -1.13. The second kappa shape index (κ2) is 10.6. The molecule has 1 rings (SSSR count). The van der Waals surface area contributed by atoms with E-state index in [1.54, 1.807) is 6.20 Å². The van der Waals surface area contributed by atoms with Crippen LogP contribution >= 0.6 is 0 Å². The van der Waals surface area contributed by atoms with Crippen LogP contribution in [-0.2, 0) is 4.74 Å². The molecule has 0 aliphatic rings. The van der Waals surface area contributed by atoms with E-state index in [2.05, 4.69) is 37.1 Å². The first-order valence-corrected chi connectivity index (χ1v) is 8.19. The topological polar surface area (TPSA) is 43.4 Å². The van der Waals surface area contributed by atoms with E-state index < -0.39 is 0 Å². The predicted molar refractivity (Wildman–Crippen MR) is 86.8 cm³/mol. The Morgan fingerprint density at radius 2 is 1.90 bits per heavy atom. The van der Waals surface area contributed by atoms with Crippen molar-refractivity contribution in [3.63, 3.8) is 0 Å². The lowest BCUT2D eigenvalue weighted by Gasteiger charge is -2.28. The molecule has 0 spiro atoms. The SMILES string of the molecule is CCCNC(c1cncc(OCC)c1)C(CCC)OCC. The lowest BCUT2D eigenvalue weighted by Crippen LogP contribution is -2.34. The average molecular weight is 294 g/mol. The fourth-order valence-electron chi connectivity index (χ4n) is 2.46. The molecule has 0 aromatic carbocycles. The van der Waals surface area contributed by atoms with Crippen molar-refractivity contribution in [1.82, 2.24) is 10.3 Å². The van der Waals surface area contributed by atoms with Gasteiger partial charge in [-0.1, -0.05) is 20.3 Å². The van der Waals surface area contributed by atoms with E-state index in [4.69, 9.17) is 9.47 Å². The summed E-state index contributed by atoms with van der Waals surface area (Å²) >= 11 is 0. The zero-order chi connectivity index (χ0) is 15.5. The largest absolute Gasteiger partial charge is 0.492 e. The third kappa shape index (κ3) is 6.02. The molecule has 0 saturated carbocycles. The summed E-state index contributed by atoms with van der Waals surface area (Å²) in [6.07, 6.45) is 7.09. The third-order valence-electron chi connectivity index (χ3n) is 3.34. The summed E-state index contributed by atoms with van der Waals surface area (Å²) in [4.78, 5) is 4.31. The van der Waals surface area contributed by atoms with Gasteiger partial charge in [0, 0.05) is 12.8 Å². The molecular formula is C17H30N2O2. The van der Waals surface area contributed by atoms with Gasteiger partial charge in [-0.25, -0.2) is 0 Å². The summed E-state index contributed by atoms with van der Waals surface area (Å²) in [6.45, 7) is 10.8. The van der Waals surface area contributed by atoms with Crippen LogP contribution in [0.25, 0.3) is 0 Å². The maximum atomic E-state index is 5.96. The van der Waals surface area contributed by atoms with Gasteiger partial charge >= 0.3 is 0 Å². The molecule has 1 aromatic rings. The smallest absolute Gasteiger partial charge is 0.137 e. The number of aromatic nitrogens is 1. The first kappa shape index (κ1) is 17.9. The lowest BCUT2D eigenvalue weighted by atomic mass is 9.99. The Kier molecular flexibility index (Phi) is 9.02. The molecule has 1 aromatic heterocycles. The highest BCUT2D eigenvalue weighted by Gasteiger charge is 2.23. The molecule has 4 nitrogen and oxygen atoms in total. The monoisotopic (exact) mass is 294 g/mol. The van der Waals surface area contributed by atoms with Crippen LogP contribution in [0, 0.1) is 0 Å². The number of ether oxygens (including phenoxy) is 2. The number of nitrogens with zero attached hydrogens (tertiary/aromatic N) is 1. The van der Waals surface area contributed by atoms with E-state index in [0.717, 1.165) is 43.7 Å². The number of hydrogen-bond acceptors (Lipinski definition) is 4. The lowest BCUT2D eigenvalue weighted by molar-refractivity contribution is 0.0275. The van der Waals surface area contributed by atoms with Crippen LogP contribution in [0.2, 0.25) is 0 Å². The van der Waals surface area contributed by atoms with Crippen molar-refractivity contribution in [3.8, 4) is 5.75 Å². The molecule has 0 aliphatic heterocycles. The predicted octanol–water partition coefficient (Wildman–Crippen LogP) is 3.73. The van der Waals surface area contributed by atoms with Gasteiger partial charge in [-0.2, -0.15) is 0 Å². The van der Waals surface area contributed by atoms with Crippen molar-refractivity contribution < 1.29 is 9.47 Å². The Morgan fingerprint density at radius 1 is 1.10 bits per heavy atom. The van der Waals surface area contributed by atoms with Crippen LogP contribution in [0.5, 0.6) is 5.75 Å². The first-order valence-electron chi connectivity index (χ1n) is 8.19. The van der Waals surface area contributed by atoms with Crippen LogP contribution < -0.4 is 10.1 Å². The summed E-state index contributed by atoms with van der Waals surface area (Å²) in [7, 11) is 0. The van der Waals surface area contributed by atoms with Gasteiger partial charge in [0.2, 0.25) is 0 Å². The van der Waals surface area contributed by atoms with Crippen molar-refractivity contribution in [3.05, 3.63) is 24.0 Å². The average Bonchev–Trinajstić information content (AvgIpc) is 2.49. The van der Waals surface area contributed by atoms with Gasteiger partial charge < -0.3 is 14.8 Å². The summed E-state index contributed by atoms with van der Waals surface area (Å²) in [5.41, 5.74) is 1.14. The first-order chi connectivity index (χ1) is 10.3. The number of pyridine rings is 1. The van der Waals surface area contributed by atoms with Gasteiger partial charge in [0.1, 0.15) is 5.75 Å². The van der Waals surface area contributed by atoms with Crippen molar-refractivity contribution >= 4 is 0 Å². The molecule has 1 heterocycles. The summed E-state index contributed by atoms with van der Waals surface area (Å²) < 4.78 is 11.5. The third-order valence-corrected chi connectivity index (χ3v) is 3.34. The molecule has 2 atom stereocenters. The maximum absolute atomic E-state index is 5.96. The molecule has 2 unspecified atom stereocenters. The van der Waals surface area contributed by atoms with E-state index in [9.17, 15) is 0 Å². The molecule has 21 heavy (non-hydrogen) atoms. The van der Waals surface area contributed by atoms with Gasteiger partial charge in [0.05, 0.1) is 24.9 Å². The second-order valence-corrected chi connectivity index (χ2v) is 5.10. The molecular weight excluding hydrogens is 264 g/mol. The van der Waals surface area contributed by atoms with Crippen LogP contribution in [0.1, 0.15) is 58.6 Å². The molecule has 0 saturated heterocycles. The van der Waals surface area contributed by atoms with Crippen molar-refractivity contribution in [1.29, 1.82) is 0 Å². The molecule has 1 N–H and O–H groups in total.